The quantitative estimate of drug-likeness (QED) is 0.556. The Morgan fingerprint density at radius 2 is 1.91 bits per heavy atom. The third-order valence-corrected chi connectivity index (χ3v) is 7.47. The van der Waals surface area contributed by atoms with Gasteiger partial charge in [-0.2, -0.15) is 0 Å². The molecule has 1 atom stereocenters. The van der Waals surface area contributed by atoms with Crippen molar-refractivity contribution in [1.29, 1.82) is 0 Å². The van der Waals surface area contributed by atoms with Gasteiger partial charge in [0.05, 0.1) is 5.56 Å². The molecule has 10 heteroatoms. The van der Waals surface area contributed by atoms with Crippen molar-refractivity contribution in [2.24, 2.45) is 5.73 Å². The summed E-state index contributed by atoms with van der Waals surface area (Å²) >= 11 is 7.28. The van der Waals surface area contributed by atoms with Crippen LogP contribution in [0.4, 0.5) is 9.80 Å². The summed E-state index contributed by atoms with van der Waals surface area (Å²) in [4.78, 5) is 52.6. The van der Waals surface area contributed by atoms with Gasteiger partial charge < -0.3 is 16.4 Å². The minimum absolute atomic E-state index is 0.306. The van der Waals surface area contributed by atoms with Crippen molar-refractivity contribution < 1.29 is 19.2 Å². The highest BCUT2D eigenvalue weighted by Crippen LogP contribution is 2.38. The van der Waals surface area contributed by atoms with Crippen molar-refractivity contribution in [3.05, 3.63) is 50.9 Å². The van der Waals surface area contributed by atoms with Crippen LogP contribution in [0.3, 0.4) is 0 Å². The predicted molar refractivity (Wildman–Crippen MR) is 122 cm³/mol. The average Bonchev–Trinajstić information content (AvgIpc) is 3.24. The van der Waals surface area contributed by atoms with E-state index in [0.29, 0.717) is 27.6 Å². The van der Waals surface area contributed by atoms with Gasteiger partial charge in [0.1, 0.15) is 17.1 Å². The number of thiophene rings is 1. The Kier molecular flexibility index (Phi) is 5.96. The number of anilines is 1. The highest BCUT2D eigenvalue weighted by molar-refractivity contribution is 7.17. The number of rotatable bonds is 6. The molecule has 1 aromatic heterocycles. The number of imide groups is 1. The van der Waals surface area contributed by atoms with Gasteiger partial charge in [-0.1, -0.05) is 30.7 Å². The fraction of sp³-hybridized carbons (Fsp3) is 0.364. The summed E-state index contributed by atoms with van der Waals surface area (Å²) < 4.78 is 0. The van der Waals surface area contributed by atoms with Crippen LogP contribution in [0.5, 0.6) is 0 Å². The number of hydrogen-bond donors (Lipinski definition) is 3. The van der Waals surface area contributed by atoms with Crippen LogP contribution < -0.4 is 16.4 Å². The van der Waals surface area contributed by atoms with Crippen LogP contribution in [-0.2, 0) is 28.0 Å². The van der Waals surface area contributed by atoms with Crippen molar-refractivity contribution >= 4 is 51.7 Å². The number of benzene rings is 1. The summed E-state index contributed by atoms with van der Waals surface area (Å²) in [5, 5.41) is 6.32. The molecule has 2 heterocycles. The van der Waals surface area contributed by atoms with Crippen LogP contribution in [0.1, 0.15) is 52.5 Å². The Morgan fingerprint density at radius 3 is 2.56 bits per heavy atom. The molecule has 8 nitrogen and oxygen atoms in total. The van der Waals surface area contributed by atoms with Gasteiger partial charge in [0.25, 0.3) is 11.8 Å². The zero-order chi connectivity index (χ0) is 23.0. The van der Waals surface area contributed by atoms with E-state index in [0.717, 1.165) is 41.0 Å². The van der Waals surface area contributed by atoms with Crippen LogP contribution in [0.2, 0.25) is 5.02 Å². The molecule has 1 aliphatic carbocycles. The van der Waals surface area contributed by atoms with Crippen LogP contribution in [0, 0.1) is 0 Å². The molecule has 1 saturated heterocycles. The lowest BCUT2D eigenvalue weighted by atomic mass is 9.87. The zero-order valence-electron chi connectivity index (χ0n) is 17.5. The number of hydrogen-bond acceptors (Lipinski definition) is 5. The van der Waals surface area contributed by atoms with Gasteiger partial charge in [0.2, 0.25) is 5.91 Å². The number of urea groups is 1. The molecule has 168 valence electrons. The molecule has 4 N–H and O–H groups in total. The molecular weight excluding hydrogens is 452 g/mol. The van der Waals surface area contributed by atoms with Crippen molar-refractivity contribution in [3.8, 4) is 0 Å². The Labute approximate surface area is 194 Å². The monoisotopic (exact) mass is 474 g/mol. The molecule has 1 fully saturated rings. The number of aryl methyl sites for hydroxylation is 1. The fourth-order valence-corrected chi connectivity index (χ4v) is 5.80. The SMILES string of the molecule is CC[C@]1(c2ccc(Cl)cc2)NC(=O)N(CC(=O)Nc2sc3c(c2C(N)=O)CCCC3)C1=O. The highest BCUT2D eigenvalue weighted by atomic mass is 35.5. The third-order valence-electron chi connectivity index (χ3n) is 6.02. The molecule has 0 radical (unpaired) electrons. The number of amides is 5. The van der Waals surface area contributed by atoms with Crippen molar-refractivity contribution in [3.63, 3.8) is 0 Å². The van der Waals surface area contributed by atoms with E-state index >= 15 is 0 Å². The summed E-state index contributed by atoms with van der Waals surface area (Å²) in [5.41, 5.74) is 6.13. The average molecular weight is 475 g/mol. The molecule has 0 spiro atoms. The summed E-state index contributed by atoms with van der Waals surface area (Å²) in [6.45, 7) is 1.31. The molecule has 2 aromatic rings. The maximum absolute atomic E-state index is 13.2. The number of halogens is 1. The molecule has 1 aliphatic heterocycles. The molecule has 5 amide bonds. The van der Waals surface area contributed by atoms with E-state index in [1.807, 2.05) is 0 Å². The Morgan fingerprint density at radius 1 is 1.22 bits per heavy atom. The first-order valence-corrected chi connectivity index (χ1v) is 11.6. The lowest BCUT2D eigenvalue weighted by Gasteiger charge is -2.25. The Hall–Kier alpha value is -2.91. The van der Waals surface area contributed by atoms with E-state index in [-0.39, 0.29) is 0 Å². The topological polar surface area (TPSA) is 122 Å². The Balaban J connectivity index is 1.55. The number of nitrogens with zero attached hydrogens (tertiary/aromatic N) is 1. The second-order valence-electron chi connectivity index (χ2n) is 7.91. The lowest BCUT2D eigenvalue weighted by molar-refractivity contribution is -0.134. The van der Waals surface area contributed by atoms with Crippen LogP contribution in [0.25, 0.3) is 0 Å². The molecule has 2 aliphatic rings. The fourth-order valence-electron chi connectivity index (χ4n) is 4.37. The molecule has 0 bridgehead atoms. The lowest BCUT2D eigenvalue weighted by Crippen LogP contribution is -2.44. The van der Waals surface area contributed by atoms with Gasteiger partial charge in [-0.05, 0) is 55.4 Å². The largest absolute Gasteiger partial charge is 0.365 e. The summed E-state index contributed by atoms with van der Waals surface area (Å²) in [6.07, 6.45) is 3.87. The van der Waals surface area contributed by atoms with E-state index in [2.05, 4.69) is 10.6 Å². The van der Waals surface area contributed by atoms with Gasteiger partial charge in [0.15, 0.2) is 0 Å². The first-order valence-electron chi connectivity index (χ1n) is 10.4. The van der Waals surface area contributed by atoms with Crippen LogP contribution in [0.15, 0.2) is 24.3 Å². The minimum Gasteiger partial charge on any atom is -0.365 e. The van der Waals surface area contributed by atoms with E-state index in [1.165, 1.54) is 11.3 Å². The number of carbonyl (C=O) groups excluding carboxylic acids is 4. The van der Waals surface area contributed by atoms with Crippen molar-refractivity contribution in [1.82, 2.24) is 10.2 Å². The third kappa shape index (κ3) is 3.75. The van der Waals surface area contributed by atoms with Gasteiger partial charge >= 0.3 is 6.03 Å². The first-order chi connectivity index (χ1) is 15.3. The zero-order valence-corrected chi connectivity index (χ0v) is 19.1. The van der Waals surface area contributed by atoms with Crippen LogP contribution in [-0.4, -0.2) is 35.2 Å². The number of nitrogens with one attached hydrogen (secondary N) is 2. The van der Waals surface area contributed by atoms with Crippen LogP contribution >= 0.6 is 22.9 Å². The van der Waals surface area contributed by atoms with Crippen molar-refractivity contribution in [2.75, 3.05) is 11.9 Å². The molecule has 0 saturated carbocycles. The second-order valence-corrected chi connectivity index (χ2v) is 9.46. The first kappa shape index (κ1) is 22.3. The molecule has 4 rings (SSSR count). The minimum atomic E-state index is -1.26. The maximum atomic E-state index is 13.2. The van der Waals surface area contributed by atoms with E-state index in [9.17, 15) is 19.2 Å². The standard InChI is InChI=1S/C22H23ClN4O4S/c1-2-22(12-7-9-13(23)10-8-12)20(30)27(21(31)26-22)11-16(28)25-19-17(18(24)29)14-5-3-4-6-15(14)32-19/h7-10H,2-6,11H2,1H3,(H2,24,29)(H,25,28)(H,26,31)/t22-/m1/s1. The molecular formula is C22H23ClN4O4S. The van der Waals surface area contributed by atoms with Gasteiger partial charge in [0, 0.05) is 9.90 Å². The van der Waals surface area contributed by atoms with E-state index in [4.69, 9.17) is 17.3 Å². The molecule has 0 unspecified atom stereocenters. The Bertz CT molecular complexity index is 1110. The second kappa shape index (κ2) is 8.55. The number of carbonyl (C=O) groups is 4. The van der Waals surface area contributed by atoms with E-state index < -0.39 is 35.8 Å². The number of primary amides is 1. The smallest absolute Gasteiger partial charge is 0.325 e. The predicted octanol–water partition coefficient (Wildman–Crippen LogP) is 3.18. The van der Waals surface area contributed by atoms with Gasteiger partial charge in [-0.3, -0.25) is 19.3 Å². The normalized spacial score (nSPS) is 20.1. The maximum Gasteiger partial charge on any atom is 0.325 e. The van der Waals surface area contributed by atoms with E-state index in [1.54, 1.807) is 31.2 Å². The van der Waals surface area contributed by atoms with Crippen molar-refractivity contribution in [2.45, 2.75) is 44.6 Å². The molecule has 32 heavy (non-hydrogen) atoms. The van der Waals surface area contributed by atoms with Gasteiger partial charge in [-0.25, -0.2) is 4.79 Å². The summed E-state index contributed by atoms with van der Waals surface area (Å²) in [6, 6.07) is 6.01. The number of nitrogens with two attached hydrogens (primary N) is 1. The molecule has 1 aromatic carbocycles. The van der Waals surface area contributed by atoms with Gasteiger partial charge in [-0.15, -0.1) is 11.3 Å². The summed E-state index contributed by atoms with van der Waals surface area (Å²) in [7, 11) is 0. The number of fused-ring (bicyclic) bond motifs is 1. The highest BCUT2D eigenvalue weighted by Gasteiger charge is 2.51. The summed E-state index contributed by atoms with van der Waals surface area (Å²) in [5.74, 6) is -1.68.